The molecule has 0 amide bonds. The first kappa shape index (κ1) is 17.6. The summed E-state index contributed by atoms with van der Waals surface area (Å²) in [4.78, 5) is -0.870. The van der Waals surface area contributed by atoms with E-state index in [0.717, 1.165) is 0 Å². The number of benzene rings is 1. The van der Waals surface area contributed by atoms with Crippen molar-refractivity contribution in [3.63, 3.8) is 0 Å². The van der Waals surface area contributed by atoms with Crippen LogP contribution in [0.4, 0.5) is 0 Å². The summed E-state index contributed by atoms with van der Waals surface area (Å²) in [6, 6.07) is 0. The summed E-state index contributed by atoms with van der Waals surface area (Å²) in [6.45, 7) is 0. The van der Waals surface area contributed by atoms with E-state index in [9.17, 15) is 13.0 Å². The Balaban J connectivity index is 0.00000225. The van der Waals surface area contributed by atoms with Crippen LogP contribution in [0.25, 0.3) is 0 Å². The fourth-order valence-corrected chi connectivity index (χ4v) is 3.26. The molecule has 0 aromatic heterocycles. The molecule has 0 fully saturated rings. The predicted molar refractivity (Wildman–Crippen MR) is 59.5 cm³/mol. The van der Waals surface area contributed by atoms with Crippen molar-refractivity contribution in [2.24, 2.45) is 0 Å². The van der Waals surface area contributed by atoms with Crippen LogP contribution in [0.2, 0.25) is 25.1 Å². The summed E-state index contributed by atoms with van der Waals surface area (Å²) >= 11 is 27.7. The van der Waals surface area contributed by atoms with Crippen molar-refractivity contribution in [2.45, 2.75) is 4.90 Å². The standard InChI is InChI=1S/C6HCl5O3S.Na/c7-1-2(8)4(10)6(15(12,13)14)5(11)3(1)9;/h(H,12,13,14);/q;+1/p-1. The maximum atomic E-state index is 10.8. The van der Waals surface area contributed by atoms with Gasteiger partial charge in [-0.2, -0.15) is 0 Å². The number of hydrogen-bond donors (Lipinski definition) is 0. The Morgan fingerprint density at radius 3 is 1.25 bits per heavy atom. The van der Waals surface area contributed by atoms with E-state index in [2.05, 4.69) is 0 Å². The van der Waals surface area contributed by atoms with Gasteiger partial charge in [-0.25, -0.2) is 8.42 Å². The van der Waals surface area contributed by atoms with E-state index in [1.54, 1.807) is 0 Å². The zero-order chi connectivity index (χ0) is 12.0. The third-order valence-corrected chi connectivity index (χ3v) is 4.83. The molecule has 0 N–H and O–H groups in total. The van der Waals surface area contributed by atoms with Gasteiger partial charge in [0.2, 0.25) is 0 Å². The van der Waals surface area contributed by atoms with Gasteiger partial charge in [0.05, 0.1) is 30.0 Å². The normalized spacial score (nSPS) is 11.1. The number of hydrogen-bond acceptors (Lipinski definition) is 3. The van der Waals surface area contributed by atoms with Crippen LogP contribution in [0.15, 0.2) is 4.90 Å². The Hall–Kier alpha value is 1.58. The van der Waals surface area contributed by atoms with Gasteiger partial charge in [0.25, 0.3) is 0 Å². The number of rotatable bonds is 1. The summed E-state index contributed by atoms with van der Waals surface area (Å²) in [7, 11) is -4.87. The smallest absolute Gasteiger partial charge is 0.744 e. The van der Waals surface area contributed by atoms with Crippen molar-refractivity contribution in [1.29, 1.82) is 0 Å². The summed E-state index contributed by atoms with van der Waals surface area (Å²) in [5.74, 6) is 0. The minimum Gasteiger partial charge on any atom is -0.744 e. The van der Waals surface area contributed by atoms with Gasteiger partial charge in [-0.1, -0.05) is 58.0 Å². The van der Waals surface area contributed by atoms with Crippen LogP contribution in [0.5, 0.6) is 0 Å². The molecule has 0 aliphatic heterocycles. The molecule has 84 valence electrons. The fourth-order valence-electron chi connectivity index (χ4n) is 0.804. The quantitative estimate of drug-likeness (QED) is 0.326. The van der Waals surface area contributed by atoms with E-state index in [-0.39, 0.29) is 44.6 Å². The molecule has 1 rings (SSSR count). The average Bonchev–Trinajstić information content (AvgIpc) is 2.09. The molecule has 10 heteroatoms. The third kappa shape index (κ3) is 3.32. The van der Waals surface area contributed by atoms with Crippen LogP contribution in [0.1, 0.15) is 0 Å². The molecule has 0 aliphatic rings. The van der Waals surface area contributed by atoms with Crippen molar-refractivity contribution in [3.8, 4) is 0 Å². The van der Waals surface area contributed by atoms with Gasteiger partial charge in [-0.15, -0.1) is 0 Å². The molecule has 0 radical (unpaired) electrons. The van der Waals surface area contributed by atoms with Gasteiger partial charge in [-0.3, -0.25) is 0 Å². The van der Waals surface area contributed by atoms with Crippen LogP contribution in [0.3, 0.4) is 0 Å². The van der Waals surface area contributed by atoms with Crippen LogP contribution in [-0.2, 0) is 10.1 Å². The Kier molecular flexibility index (Phi) is 6.76. The maximum absolute atomic E-state index is 10.8. The minimum atomic E-state index is -4.87. The molecule has 0 atom stereocenters. The van der Waals surface area contributed by atoms with Gasteiger partial charge < -0.3 is 4.55 Å². The SMILES string of the molecule is O=S(=O)([O-])c1c(Cl)c(Cl)c(Cl)c(Cl)c1Cl.[Na+]. The molecular formula is C6Cl5NaO3S. The molecule has 1 aromatic rings. The van der Waals surface area contributed by atoms with E-state index in [1.807, 2.05) is 0 Å². The van der Waals surface area contributed by atoms with Crippen LogP contribution >= 0.6 is 58.0 Å². The predicted octanol–water partition coefficient (Wildman–Crippen LogP) is 0.862. The van der Waals surface area contributed by atoms with Crippen LogP contribution < -0.4 is 29.6 Å². The largest absolute Gasteiger partial charge is 1.00 e. The van der Waals surface area contributed by atoms with E-state index in [1.165, 1.54) is 0 Å². The van der Waals surface area contributed by atoms with E-state index in [4.69, 9.17) is 58.0 Å². The van der Waals surface area contributed by atoms with E-state index < -0.39 is 25.1 Å². The summed E-state index contributed by atoms with van der Waals surface area (Å²) in [6.07, 6.45) is 0. The minimum absolute atomic E-state index is 0. The van der Waals surface area contributed by atoms with E-state index >= 15 is 0 Å². The Labute approximate surface area is 139 Å². The second kappa shape index (κ2) is 6.15. The Bertz CT molecular complexity index is 500. The zero-order valence-electron chi connectivity index (χ0n) is 7.52. The molecule has 0 unspecified atom stereocenters. The van der Waals surface area contributed by atoms with Crippen molar-refractivity contribution >= 4 is 68.1 Å². The van der Waals surface area contributed by atoms with Gasteiger partial charge in [0.15, 0.2) is 0 Å². The molecular weight excluding hydrogens is 352 g/mol. The fraction of sp³-hybridized carbons (Fsp3) is 0. The van der Waals surface area contributed by atoms with Gasteiger partial charge in [0.1, 0.15) is 10.1 Å². The molecule has 0 heterocycles. The molecule has 0 aliphatic carbocycles. The average molecular weight is 352 g/mol. The van der Waals surface area contributed by atoms with Crippen LogP contribution in [0, 0.1) is 0 Å². The summed E-state index contributed by atoms with van der Waals surface area (Å²) < 4.78 is 32.4. The summed E-state index contributed by atoms with van der Waals surface area (Å²) in [5, 5.41) is -1.94. The Morgan fingerprint density at radius 2 is 1.00 bits per heavy atom. The maximum Gasteiger partial charge on any atom is 1.00 e. The van der Waals surface area contributed by atoms with Gasteiger partial charge in [-0.05, 0) is 0 Å². The van der Waals surface area contributed by atoms with Gasteiger partial charge >= 0.3 is 29.6 Å². The van der Waals surface area contributed by atoms with E-state index in [0.29, 0.717) is 0 Å². The molecule has 0 saturated carbocycles. The summed E-state index contributed by atoms with van der Waals surface area (Å²) in [5.41, 5.74) is 0. The van der Waals surface area contributed by atoms with Crippen molar-refractivity contribution < 1.29 is 42.5 Å². The topological polar surface area (TPSA) is 57.2 Å². The molecule has 0 saturated heterocycles. The Morgan fingerprint density at radius 1 is 0.750 bits per heavy atom. The zero-order valence-corrected chi connectivity index (χ0v) is 14.1. The van der Waals surface area contributed by atoms with Crippen molar-refractivity contribution in [1.82, 2.24) is 0 Å². The monoisotopic (exact) mass is 350 g/mol. The second-order valence-corrected chi connectivity index (χ2v) is 5.56. The molecule has 0 spiro atoms. The first-order valence-corrected chi connectivity index (χ1v) is 6.45. The first-order valence-electron chi connectivity index (χ1n) is 3.15. The van der Waals surface area contributed by atoms with Crippen LogP contribution in [-0.4, -0.2) is 13.0 Å². The molecule has 3 nitrogen and oxygen atoms in total. The number of halogens is 5. The molecule has 0 bridgehead atoms. The van der Waals surface area contributed by atoms with Gasteiger partial charge in [0, 0.05) is 0 Å². The second-order valence-electron chi connectivity index (χ2n) is 2.35. The first-order chi connectivity index (χ1) is 6.68. The molecule has 1 aromatic carbocycles. The van der Waals surface area contributed by atoms with Crippen molar-refractivity contribution in [3.05, 3.63) is 25.1 Å². The van der Waals surface area contributed by atoms with Crippen molar-refractivity contribution in [2.75, 3.05) is 0 Å². The third-order valence-electron chi connectivity index (χ3n) is 1.42. The molecule has 16 heavy (non-hydrogen) atoms.